The van der Waals surface area contributed by atoms with Crippen LogP contribution in [0, 0.1) is 6.92 Å². The first-order valence-corrected chi connectivity index (χ1v) is 5.62. The van der Waals surface area contributed by atoms with Crippen molar-refractivity contribution in [2.75, 3.05) is 11.1 Å². The molecule has 0 saturated carbocycles. The molecule has 0 aliphatic rings. The zero-order chi connectivity index (χ0) is 12.8. The number of benzene rings is 1. The summed E-state index contributed by atoms with van der Waals surface area (Å²) >= 11 is 0. The molecule has 0 radical (unpaired) electrons. The molecule has 0 aromatic heterocycles. The summed E-state index contributed by atoms with van der Waals surface area (Å²) in [6.07, 6.45) is 2.60. The van der Waals surface area contributed by atoms with Crippen LogP contribution in [0.25, 0.3) is 0 Å². The first-order chi connectivity index (χ1) is 8.02. The van der Waals surface area contributed by atoms with Gasteiger partial charge in [-0.1, -0.05) is 18.6 Å². The van der Waals surface area contributed by atoms with E-state index in [9.17, 15) is 4.79 Å². The maximum absolute atomic E-state index is 11.5. The molecule has 0 saturated heterocycles. The molecule has 0 aliphatic heterocycles. The van der Waals surface area contributed by atoms with Gasteiger partial charge in [-0.05, 0) is 38.0 Å². The van der Waals surface area contributed by atoms with Crippen LogP contribution in [0.3, 0.4) is 0 Å². The largest absolute Gasteiger partial charge is 0.397 e. The van der Waals surface area contributed by atoms with Gasteiger partial charge < -0.3 is 16.4 Å². The Bertz CT molecular complexity index is 438. The second kappa shape index (κ2) is 5.94. The Morgan fingerprint density at radius 3 is 2.76 bits per heavy atom. The van der Waals surface area contributed by atoms with E-state index < -0.39 is 0 Å². The van der Waals surface area contributed by atoms with E-state index in [0.29, 0.717) is 11.4 Å². The SMILES string of the molecule is CC/C(C)=C/NC(=O)Nc1ccc(C)cc1N. The molecule has 17 heavy (non-hydrogen) atoms. The van der Waals surface area contributed by atoms with Gasteiger partial charge in [0.1, 0.15) is 0 Å². The van der Waals surface area contributed by atoms with Gasteiger partial charge in [0, 0.05) is 6.20 Å². The second-order valence-electron chi connectivity index (χ2n) is 4.03. The third-order valence-electron chi connectivity index (χ3n) is 2.46. The number of nitrogen functional groups attached to an aromatic ring is 1. The van der Waals surface area contributed by atoms with E-state index in [1.807, 2.05) is 32.9 Å². The third kappa shape index (κ3) is 4.18. The lowest BCUT2D eigenvalue weighted by molar-refractivity contribution is 0.255. The van der Waals surface area contributed by atoms with Crippen LogP contribution in [0.4, 0.5) is 16.2 Å². The van der Waals surface area contributed by atoms with Gasteiger partial charge in [0.15, 0.2) is 0 Å². The Morgan fingerprint density at radius 2 is 2.18 bits per heavy atom. The van der Waals surface area contributed by atoms with Gasteiger partial charge in [-0.15, -0.1) is 0 Å². The van der Waals surface area contributed by atoms with Gasteiger partial charge in [-0.25, -0.2) is 4.79 Å². The molecule has 0 fully saturated rings. The number of hydrogen-bond acceptors (Lipinski definition) is 2. The van der Waals surface area contributed by atoms with E-state index in [1.54, 1.807) is 12.3 Å². The van der Waals surface area contributed by atoms with Crippen LogP contribution < -0.4 is 16.4 Å². The molecule has 1 rings (SSSR count). The number of urea groups is 1. The second-order valence-corrected chi connectivity index (χ2v) is 4.03. The highest BCUT2D eigenvalue weighted by Gasteiger charge is 2.03. The molecule has 4 heteroatoms. The quantitative estimate of drug-likeness (QED) is 0.702. The number of carbonyl (C=O) groups is 1. The molecule has 1 aromatic carbocycles. The fourth-order valence-corrected chi connectivity index (χ4v) is 1.25. The van der Waals surface area contributed by atoms with Crippen LogP contribution in [0.2, 0.25) is 0 Å². The fraction of sp³-hybridized carbons (Fsp3) is 0.308. The minimum Gasteiger partial charge on any atom is -0.397 e. The van der Waals surface area contributed by atoms with E-state index >= 15 is 0 Å². The number of amides is 2. The Labute approximate surface area is 102 Å². The summed E-state index contributed by atoms with van der Waals surface area (Å²) in [6.45, 7) is 5.94. The van der Waals surface area contributed by atoms with Gasteiger partial charge in [0.05, 0.1) is 11.4 Å². The maximum atomic E-state index is 11.5. The number of nitrogens with one attached hydrogen (secondary N) is 2. The third-order valence-corrected chi connectivity index (χ3v) is 2.46. The zero-order valence-electron chi connectivity index (χ0n) is 10.5. The molecule has 0 unspecified atom stereocenters. The van der Waals surface area contributed by atoms with Crippen LogP contribution in [0.15, 0.2) is 30.0 Å². The molecule has 0 bridgehead atoms. The van der Waals surface area contributed by atoms with E-state index in [1.165, 1.54) is 0 Å². The van der Waals surface area contributed by atoms with Gasteiger partial charge >= 0.3 is 6.03 Å². The van der Waals surface area contributed by atoms with Gasteiger partial charge in [-0.3, -0.25) is 0 Å². The van der Waals surface area contributed by atoms with Gasteiger partial charge in [0.25, 0.3) is 0 Å². The monoisotopic (exact) mass is 233 g/mol. The molecule has 92 valence electrons. The molecule has 0 heterocycles. The minimum atomic E-state index is -0.284. The number of aryl methyl sites for hydroxylation is 1. The zero-order valence-corrected chi connectivity index (χ0v) is 10.5. The molecule has 0 spiro atoms. The molecule has 4 N–H and O–H groups in total. The van der Waals surface area contributed by atoms with Crippen molar-refractivity contribution in [3.8, 4) is 0 Å². The summed E-state index contributed by atoms with van der Waals surface area (Å²) in [5, 5.41) is 5.35. The number of allylic oxidation sites excluding steroid dienone is 1. The van der Waals surface area contributed by atoms with Crippen molar-refractivity contribution in [1.29, 1.82) is 0 Å². The van der Waals surface area contributed by atoms with Crippen LogP contribution in [-0.4, -0.2) is 6.03 Å². The van der Waals surface area contributed by atoms with Crippen molar-refractivity contribution >= 4 is 17.4 Å². The first kappa shape index (κ1) is 13.1. The molecule has 0 aliphatic carbocycles. The summed E-state index contributed by atoms with van der Waals surface area (Å²) in [7, 11) is 0. The van der Waals surface area contributed by atoms with Crippen molar-refractivity contribution in [3.05, 3.63) is 35.5 Å². The van der Waals surface area contributed by atoms with Crippen LogP contribution in [-0.2, 0) is 0 Å². The Balaban J connectivity index is 2.62. The number of carbonyl (C=O) groups excluding carboxylic acids is 1. The highest BCUT2D eigenvalue weighted by atomic mass is 16.2. The number of anilines is 2. The average Bonchev–Trinajstić information content (AvgIpc) is 2.29. The lowest BCUT2D eigenvalue weighted by atomic mass is 10.2. The fourth-order valence-electron chi connectivity index (χ4n) is 1.25. The number of hydrogen-bond donors (Lipinski definition) is 3. The van der Waals surface area contributed by atoms with Crippen molar-refractivity contribution in [2.45, 2.75) is 27.2 Å². The van der Waals surface area contributed by atoms with E-state index in [-0.39, 0.29) is 6.03 Å². The maximum Gasteiger partial charge on any atom is 0.323 e. The van der Waals surface area contributed by atoms with Crippen LogP contribution in [0.1, 0.15) is 25.8 Å². The highest BCUT2D eigenvalue weighted by molar-refractivity contribution is 5.93. The summed E-state index contributed by atoms with van der Waals surface area (Å²) in [5.41, 5.74) is 9.15. The lowest BCUT2D eigenvalue weighted by Crippen LogP contribution is -2.24. The molecular weight excluding hydrogens is 214 g/mol. The topological polar surface area (TPSA) is 67.2 Å². The summed E-state index contributed by atoms with van der Waals surface area (Å²) in [6, 6.07) is 5.23. The predicted octanol–water partition coefficient (Wildman–Crippen LogP) is 3.01. The minimum absolute atomic E-state index is 0.284. The van der Waals surface area contributed by atoms with Crippen molar-refractivity contribution in [3.63, 3.8) is 0 Å². The van der Waals surface area contributed by atoms with Crippen LogP contribution >= 0.6 is 0 Å². The van der Waals surface area contributed by atoms with Crippen LogP contribution in [0.5, 0.6) is 0 Å². The molecule has 1 aromatic rings. The van der Waals surface area contributed by atoms with Crippen molar-refractivity contribution in [2.24, 2.45) is 0 Å². The smallest absolute Gasteiger partial charge is 0.323 e. The molecular formula is C13H19N3O. The summed E-state index contributed by atoms with van der Waals surface area (Å²) < 4.78 is 0. The normalized spacial score (nSPS) is 11.1. The van der Waals surface area contributed by atoms with Crippen molar-refractivity contribution < 1.29 is 4.79 Å². The highest BCUT2D eigenvalue weighted by Crippen LogP contribution is 2.19. The van der Waals surface area contributed by atoms with Crippen molar-refractivity contribution in [1.82, 2.24) is 5.32 Å². The Hall–Kier alpha value is -1.97. The summed E-state index contributed by atoms with van der Waals surface area (Å²) in [5.74, 6) is 0. The van der Waals surface area contributed by atoms with E-state index in [0.717, 1.165) is 17.6 Å². The predicted molar refractivity (Wildman–Crippen MR) is 71.8 cm³/mol. The molecule has 4 nitrogen and oxygen atoms in total. The Kier molecular flexibility index (Phi) is 4.57. The van der Waals surface area contributed by atoms with E-state index in [4.69, 9.17) is 5.73 Å². The standard InChI is InChI=1S/C13H19N3O/c1-4-9(2)8-15-13(17)16-12-6-5-10(3)7-11(12)14/h5-8H,4,14H2,1-3H3,(H2,15,16,17)/b9-8+. The number of rotatable bonds is 3. The average molecular weight is 233 g/mol. The number of nitrogens with two attached hydrogens (primary N) is 1. The van der Waals surface area contributed by atoms with Gasteiger partial charge in [-0.2, -0.15) is 0 Å². The molecule has 2 amide bonds. The van der Waals surface area contributed by atoms with E-state index in [2.05, 4.69) is 10.6 Å². The van der Waals surface area contributed by atoms with Gasteiger partial charge in [0.2, 0.25) is 0 Å². The Morgan fingerprint density at radius 1 is 1.47 bits per heavy atom. The molecule has 0 atom stereocenters. The lowest BCUT2D eigenvalue weighted by Gasteiger charge is -2.08. The first-order valence-electron chi connectivity index (χ1n) is 5.62. The summed E-state index contributed by atoms with van der Waals surface area (Å²) in [4.78, 5) is 11.5.